The van der Waals surface area contributed by atoms with Gasteiger partial charge in [0.15, 0.2) is 0 Å². The molecule has 0 amide bonds. The van der Waals surface area contributed by atoms with Gasteiger partial charge in [0.25, 0.3) is 0 Å². The Hall–Kier alpha value is -1.61. The van der Waals surface area contributed by atoms with Crippen LogP contribution in [0.1, 0.15) is 30.1 Å². The molecule has 0 bridgehead atoms. The Morgan fingerprint density at radius 2 is 1.88 bits per heavy atom. The average molecular weight is 229 g/mol. The van der Waals surface area contributed by atoms with E-state index < -0.39 is 0 Å². The highest BCUT2D eigenvalue weighted by atomic mass is 15.3. The van der Waals surface area contributed by atoms with Crippen LogP contribution < -0.4 is 5.32 Å². The van der Waals surface area contributed by atoms with Crippen molar-refractivity contribution in [3.05, 3.63) is 53.9 Å². The van der Waals surface area contributed by atoms with Crippen molar-refractivity contribution in [1.29, 1.82) is 0 Å². The lowest BCUT2D eigenvalue weighted by molar-refractivity contribution is 0.472. The molecule has 0 saturated carbocycles. The third-order valence-electron chi connectivity index (χ3n) is 3.31. The SMILES string of the molecule is CNC(c1ccnn1C)C(C)c1ccccc1. The number of benzene rings is 1. The van der Waals surface area contributed by atoms with Gasteiger partial charge in [-0.05, 0) is 18.7 Å². The van der Waals surface area contributed by atoms with Gasteiger partial charge in [0.1, 0.15) is 0 Å². The van der Waals surface area contributed by atoms with Crippen LogP contribution in [0, 0.1) is 0 Å². The number of rotatable bonds is 4. The van der Waals surface area contributed by atoms with Crippen molar-refractivity contribution in [3.63, 3.8) is 0 Å². The number of hydrogen-bond donors (Lipinski definition) is 1. The lowest BCUT2D eigenvalue weighted by Crippen LogP contribution is -2.24. The molecular formula is C14H19N3. The second kappa shape index (κ2) is 5.15. The molecule has 1 aromatic heterocycles. The van der Waals surface area contributed by atoms with Crippen molar-refractivity contribution < 1.29 is 0 Å². The summed E-state index contributed by atoms with van der Waals surface area (Å²) in [7, 11) is 3.98. The van der Waals surface area contributed by atoms with Gasteiger partial charge >= 0.3 is 0 Å². The molecule has 0 spiro atoms. The van der Waals surface area contributed by atoms with Crippen LogP contribution in [-0.2, 0) is 7.05 Å². The number of nitrogens with zero attached hydrogens (tertiary/aromatic N) is 2. The van der Waals surface area contributed by atoms with Gasteiger partial charge in [-0.1, -0.05) is 37.3 Å². The third kappa shape index (κ3) is 2.39. The normalized spacial score (nSPS) is 14.5. The van der Waals surface area contributed by atoms with Crippen LogP contribution in [0.5, 0.6) is 0 Å². The van der Waals surface area contributed by atoms with Crippen LogP contribution in [0.15, 0.2) is 42.6 Å². The minimum absolute atomic E-state index is 0.282. The summed E-state index contributed by atoms with van der Waals surface area (Å²) in [5.74, 6) is 0.414. The number of aromatic nitrogens is 2. The largest absolute Gasteiger partial charge is 0.311 e. The van der Waals surface area contributed by atoms with Crippen LogP contribution in [-0.4, -0.2) is 16.8 Å². The first kappa shape index (κ1) is 11.9. The summed E-state index contributed by atoms with van der Waals surface area (Å²) in [6.45, 7) is 2.24. The number of nitrogens with one attached hydrogen (secondary N) is 1. The van der Waals surface area contributed by atoms with Crippen LogP contribution in [0.2, 0.25) is 0 Å². The zero-order valence-corrected chi connectivity index (χ0v) is 10.6. The van der Waals surface area contributed by atoms with E-state index in [0.717, 1.165) is 0 Å². The van der Waals surface area contributed by atoms with Crippen LogP contribution in [0.3, 0.4) is 0 Å². The van der Waals surface area contributed by atoms with Gasteiger partial charge < -0.3 is 5.32 Å². The topological polar surface area (TPSA) is 29.9 Å². The first-order valence-electron chi connectivity index (χ1n) is 5.94. The summed E-state index contributed by atoms with van der Waals surface area (Å²) in [6, 6.07) is 12.9. The first-order valence-corrected chi connectivity index (χ1v) is 5.94. The maximum absolute atomic E-state index is 4.24. The fourth-order valence-electron chi connectivity index (χ4n) is 2.29. The van der Waals surface area contributed by atoms with E-state index in [-0.39, 0.29) is 6.04 Å². The number of hydrogen-bond acceptors (Lipinski definition) is 2. The Morgan fingerprint density at radius 1 is 1.18 bits per heavy atom. The zero-order chi connectivity index (χ0) is 12.3. The van der Waals surface area contributed by atoms with E-state index in [1.54, 1.807) is 0 Å². The Labute approximate surface area is 102 Å². The van der Waals surface area contributed by atoms with Gasteiger partial charge in [-0.25, -0.2) is 0 Å². The van der Waals surface area contributed by atoms with Gasteiger partial charge in [-0.15, -0.1) is 0 Å². The van der Waals surface area contributed by atoms with E-state index in [2.05, 4.69) is 53.7 Å². The molecule has 0 aliphatic rings. The lowest BCUT2D eigenvalue weighted by atomic mass is 9.91. The van der Waals surface area contributed by atoms with Crippen molar-refractivity contribution in [1.82, 2.24) is 15.1 Å². The molecule has 0 fully saturated rings. The highest BCUT2D eigenvalue weighted by Crippen LogP contribution is 2.29. The average Bonchev–Trinajstić information content (AvgIpc) is 2.78. The fourth-order valence-corrected chi connectivity index (χ4v) is 2.29. The molecule has 0 aliphatic heterocycles. The van der Waals surface area contributed by atoms with Crippen molar-refractivity contribution in [2.24, 2.45) is 7.05 Å². The molecule has 2 aromatic rings. The zero-order valence-electron chi connectivity index (χ0n) is 10.6. The Kier molecular flexibility index (Phi) is 3.59. The quantitative estimate of drug-likeness (QED) is 0.873. The molecule has 2 unspecified atom stereocenters. The maximum atomic E-state index is 4.24. The minimum Gasteiger partial charge on any atom is -0.311 e. The summed E-state index contributed by atoms with van der Waals surface area (Å²) < 4.78 is 1.93. The van der Waals surface area contributed by atoms with Gasteiger partial charge in [0.2, 0.25) is 0 Å². The highest BCUT2D eigenvalue weighted by Gasteiger charge is 2.21. The molecule has 0 radical (unpaired) electrons. The number of likely N-dealkylation sites (N-methyl/N-ethyl adjacent to an activating group) is 1. The first-order chi connectivity index (χ1) is 8.24. The summed E-state index contributed by atoms with van der Waals surface area (Å²) >= 11 is 0. The summed E-state index contributed by atoms with van der Waals surface area (Å²) in [5, 5.41) is 7.62. The number of aryl methyl sites for hydroxylation is 1. The van der Waals surface area contributed by atoms with Crippen LogP contribution in [0.4, 0.5) is 0 Å². The fraction of sp³-hybridized carbons (Fsp3) is 0.357. The molecule has 1 heterocycles. The molecule has 0 aliphatic carbocycles. The predicted octanol–water partition coefficient (Wildman–Crippen LogP) is 2.48. The molecule has 17 heavy (non-hydrogen) atoms. The summed E-state index contributed by atoms with van der Waals surface area (Å²) in [5.41, 5.74) is 2.55. The second-order valence-electron chi connectivity index (χ2n) is 4.35. The van der Waals surface area contributed by atoms with Crippen molar-refractivity contribution >= 4 is 0 Å². The monoisotopic (exact) mass is 229 g/mol. The molecule has 3 nitrogen and oxygen atoms in total. The van der Waals surface area contributed by atoms with Crippen molar-refractivity contribution in [2.45, 2.75) is 18.9 Å². The molecule has 90 valence electrons. The Balaban J connectivity index is 2.28. The van der Waals surface area contributed by atoms with Gasteiger partial charge in [-0.2, -0.15) is 5.10 Å². The molecule has 2 rings (SSSR count). The van der Waals surface area contributed by atoms with E-state index in [4.69, 9.17) is 0 Å². The van der Waals surface area contributed by atoms with Crippen LogP contribution >= 0.6 is 0 Å². The van der Waals surface area contributed by atoms with E-state index in [9.17, 15) is 0 Å². The molecule has 0 saturated heterocycles. The molecule has 2 atom stereocenters. The summed E-state index contributed by atoms with van der Waals surface area (Å²) in [4.78, 5) is 0. The van der Waals surface area contributed by atoms with E-state index >= 15 is 0 Å². The molecule has 1 aromatic carbocycles. The maximum Gasteiger partial charge on any atom is 0.0556 e. The van der Waals surface area contributed by atoms with Crippen LogP contribution in [0.25, 0.3) is 0 Å². The lowest BCUT2D eigenvalue weighted by Gasteiger charge is -2.24. The highest BCUT2D eigenvalue weighted by molar-refractivity contribution is 5.23. The second-order valence-corrected chi connectivity index (χ2v) is 4.35. The summed E-state index contributed by atoms with van der Waals surface area (Å²) in [6.07, 6.45) is 1.84. The van der Waals surface area contributed by atoms with E-state index in [1.165, 1.54) is 11.3 Å². The van der Waals surface area contributed by atoms with E-state index in [0.29, 0.717) is 5.92 Å². The Morgan fingerprint density at radius 3 is 2.41 bits per heavy atom. The van der Waals surface area contributed by atoms with E-state index in [1.807, 2.05) is 25.0 Å². The van der Waals surface area contributed by atoms with Gasteiger partial charge in [0.05, 0.1) is 11.7 Å². The Bertz CT molecular complexity index is 461. The van der Waals surface area contributed by atoms with Crippen molar-refractivity contribution in [2.75, 3.05) is 7.05 Å². The van der Waals surface area contributed by atoms with Gasteiger partial charge in [-0.3, -0.25) is 4.68 Å². The van der Waals surface area contributed by atoms with Crippen molar-refractivity contribution in [3.8, 4) is 0 Å². The molecular weight excluding hydrogens is 210 g/mol. The minimum atomic E-state index is 0.282. The third-order valence-corrected chi connectivity index (χ3v) is 3.31. The molecule has 3 heteroatoms. The standard InChI is InChI=1S/C14H19N3/c1-11(12-7-5-4-6-8-12)14(15-2)13-9-10-16-17(13)3/h4-11,14-15H,1-3H3. The smallest absolute Gasteiger partial charge is 0.0556 e. The predicted molar refractivity (Wildman–Crippen MR) is 69.9 cm³/mol. The van der Waals surface area contributed by atoms with Gasteiger partial charge in [0, 0.05) is 19.2 Å². The molecule has 1 N–H and O–H groups in total.